The van der Waals surface area contributed by atoms with Gasteiger partial charge in [-0.1, -0.05) is 6.07 Å². The summed E-state index contributed by atoms with van der Waals surface area (Å²) in [5.41, 5.74) is -1.26. The Kier molecular flexibility index (Phi) is 13.1. The zero-order valence-electron chi connectivity index (χ0n) is 34.9. The van der Waals surface area contributed by atoms with E-state index in [1.807, 2.05) is 128 Å². The second-order valence-electron chi connectivity index (χ2n) is 15.7. The molecule has 3 atom stereocenters. The van der Waals surface area contributed by atoms with E-state index in [4.69, 9.17) is 26.4 Å². The van der Waals surface area contributed by atoms with Crippen molar-refractivity contribution in [3.05, 3.63) is 207 Å². The van der Waals surface area contributed by atoms with Gasteiger partial charge in [0.1, 0.15) is 0 Å². The topological polar surface area (TPSA) is 168 Å². The summed E-state index contributed by atoms with van der Waals surface area (Å²) >= 11 is 6.09. The molecule has 64 heavy (non-hydrogen) atoms. The van der Waals surface area contributed by atoms with Crippen molar-refractivity contribution in [1.82, 2.24) is 4.90 Å². The summed E-state index contributed by atoms with van der Waals surface area (Å²) in [6.45, 7) is -2.31. The molecule has 1 aliphatic rings. The fourth-order valence-corrected chi connectivity index (χ4v) is 15.3. The van der Waals surface area contributed by atoms with E-state index in [2.05, 4.69) is 0 Å². The second kappa shape index (κ2) is 18.7. The number of likely N-dealkylation sites (tertiary alicyclic amines) is 1. The minimum atomic E-state index is -4.84. The van der Waals surface area contributed by atoms with E-state index >= 15 is 9.59 Å². The second-order valence-corrected chi connectivity index (χ2v) is 21.0. The maximum atomic E-state index is 16.1. The molecule has 6 aromatic carbocycles. The molecular formula is C49H44N3O10PS. The average molecular weight is 898 g/mol. The van der Waals surface area contributed by atoms with Crippen LogP contribution in [0.25, 0.3) is 0 Å². The zero-order chi connectivity index (χ0) is 45.5. The van der Waals surface area contributed by atoms with E-state index in [0.717, 1.165) is 5.56 Å². The van der Waals surface area contributed by atoms with Crippen LogP contribution < -0.4 is 15.9 Å². The number of ether oxygens (including phenoxy) is 3. The van der Waals surface area contributed by atoms with Gasteiger partial charge in [0.2, 0.25) is 0 Å². The summed E-state index contributed by atoms with van der Waals surface area (Å²) < 4.78 is 17.6. The Labute approximate surface area is 374 Å². The summed E-state index contributed by atoms with van der Waals surface area (Å²) in [7, 11) is 0. The first-order chi connectivity index (χ1) is 30.8. The van der Waals surface area contributed by atoms with E-state index in [9.17, 15) is 25.0 Å². The molecule has 0 N–H and O–H groups in total. The molecule has 326 valence electrons. The minimum absolute atomic E-state index is 0.109. The number of nitro benzene ring substituents is 2. The normalized spacial score (nSPS) is 16.8. The van der Waals surface area contributed by atoms with Crippen molar-refractivity contribution in [2.45, 2.75) is 45.1 Å². The van der Waals surface area contributed by atoms with Crippen LogP contribution in [0, 0.1) is 26.1 Å². The van der Waals surface area contributed by atoms with Gasteiger partial charge in [0.15, 0.2) is 0 Å². The number of nitrogens with zero attached hydrogens (tertiary/aromatic N) is 3. The van der Waals surface area contributed by atoms with Crippen molar-refractivity contribution in [3.8, 4) is 0 Å². The molecule has 6 aromatic rings. The van der Waals surface area contributed by atoms with E-state index in [1.165, 1.54) is 36.4 Å². The summed E-state index contributed by atoms with van der Waals surface area (Å²) in [4.78, 5) is 69.4. The Morgan fingerprint density at radius 1 is 0.672 bits per heavy atom. The van der Waals surface area contributed by atoms with Gasteiger partial charge < -0.3 is 0 Å². The molecule has 1 heterocycles. The van der Waals surface area contributed by atoms with Crippen molar-refractivity contribution in [2.24, 2.45) is 5.92 Å². The molecular weight excluding hydrogens is 854 g/mol. The van der Waals surface area contributed by atoms with Crippen LogP contribution in [0.4, 0.5) is 21.0 Å². The van der Waals surface area contributed by atoms with Gasteiger partial charge in [0, 0.05) is 0 Å². The van der Waals surface area contributed by atoms with Crippen LogP contribution in [0.1, 0.15) is 37.0 Å². The summed E-state index contributed by atoms with van der Waals surface area (Å²) in [6, 6.07) is 48.6. The third-order valence-corrected chi connectivity index (χ3v) is 18.5. The van der Waals surface area contributed by atoms with Gasteiger partial charge in [-0.25, -0.2) is 0 Å². The van der Waals surface area contributed by atoms with Gasteiger partial charge in [-0.2, -0.15) is 0 Å². The number of amides is 1. The van der Waals surface area contributed by atoms with Crippen LogP contribution in [0.2, 0.25) is 0 Å². The van der Waals surface area contributed by atoms with Crippen LogP contribution in [0.5, 0.6) is 0 Å². The van der Waals surface area contributed by atoms with Crippen LogP contribution in [0.3, 0.4) is 0 Å². The van der Waals surface area contributed by atoms with E-state index in [1.54, 1.807) is 24.0 Å². The molecule has 7 rings (SSSR count). The van der Waals surface area contributed by atoms with Crippen LogP contribution in [-0.2, 0) is 32.2 Å². The predicted molar refractivity (Wildman–Crippen MR) is 249 cm³/mol. The van der Waals surface area contributed by atoms with Crippen molar-refractivity contribution in [1.29, 1.82) is 0 Å². The van der Waals surface area contributed by atoms with Crippen molar-refractivity contribution < 1.29 is 38.4 Å². The van der Waals surface area contributed by atoms with Crippen molar-refractivity contribution in [3.63, 3.8) is 0 Å². The molecule has 0 spiro atoms. The van der Waals surface area contributed by atoms with Gasteiger partial charge in [-0.3, -0.25) is 10.1 Å². The van der Waals surface area contributed by atoms with Gasteiger partial charge in [0.25, 0.3) is 0 Å². The number of β-lactam (4-membered cyclic amide) rings is 1. The first kappa shape index (κ1) is 44.9. The Balaban J connectivity index is 1.36. The number of carbonyl (C=O) groups is 3. The molecule has 15 heteroatoms. The molecule has 0 unspecified atom stereocenters. The van der Waals surface area contributed by atoms with Crippen molar-refractivity contribution in [2.75, 3.05) is 6.29 Å². The Morgan fingerprint density at radius 2 is 1.08 bits per heavy atom. The Hall–Kier alpha value is -7.15. The maximum absolute atomic E-state index is 16.1. The van der Waals surface area contributed by atoms with Crippen LogP contribution in [0.15, 0.2) is 170 Å². The number of hydrogen-bond donors (Lipinski definition) is 0. The average Bonchev–Trinajstić information content (AvgIpc) is 3.32. The van der Waals surface area contributed by atoms with Crippen LogP contribution >= 0.6 is 18.8 Å². The van der Waals surface area contributed by atoms with E-state index in [0.29, 0.717) is 20.8 Å². The molecule has 0 radical (unpaired) electrons. The molecule has 0 aliphatic carbocycles. The first-order valence-corrected chi connectivity index (χ1v) is 23.2. The number of nitro groups is 2. The third kappa shape index (κ3) is 8.13. The standard InChI is InChI=1S/C49H44N3O10PS/c1-35(62-47(54)60-32-37-21-15-17-29-42(37)51(56)57)45-46(53)50(49(45,2)31-44(64)36-19-7-3-8-20-36)34-63(39-23-9-4-10-24-39,40-25-11-5-12-26-40,41-27-13-6-14-28-41)48(55)61-33-38-22-16-18-30-43(38)52(58)59/h3-30,35,45H,31-34H2,1-2H3/t35-,45+,49-/m1/s1. The summed E-state index contributed by atoms with van der Waals surface area (Å²) in [5, 5.41) is 25.5. The van der Waals surface area contributed by atoms with Gasteiger partial charge >= 0.3 is 360 Å². The molecule has 0 saturated carbocycles. The molecule has 1 saturated heterocycles. The van der Waals surface area contributed by atoms with Gasteiger partial charge in [-0.05, 0) is 0 Å². The first-order valence-electron chi connectivity index (χ1n) is 20.3. The Morgan fingerprint density at radius 3 is 1.53 bits per heavy atom. The van der Waals surface area contributed by atoms with E-state index in [-0.39, 0.29) is 35.2 Å². The van der Waals surface area contributed by atoms with Crippen molar-refractivity contribution >= 4 is 68.7 Å². The number of benzene rings is 6. The molecule has 1 fully saturated rings. The molecule has 13 nitrogen and oxygen atoms in total. The fourth-order valence-electron chi connectivity index (χ4n) is 8.90. The quantitative estimate of drug-likeness (QED) is 0.0163. The SMILES string of the molecule is C[C@@H](OC(=O)OCc1ccccc1[N+](=O)[O-])[C@H]1C(=O)N(CP(C(=O)OCc2ccccc2[N+](=O)[O-])(c2ccccc2)(c2ccccc2)c2ccccc2)[C@]1(C)CC(=S)c1ccccc1. The Bertz CT molecular complexity index is 2610. The predicted octanol–water partition coefficient (Wildman–Crippen LogP) is 9.39. The number of carbonyl (C=O) groups excluding carboxylic acids is 3. The number of rotatable bonds is 17. The van der Waals surface area contributed by atoms with Gasteiger partial charge in [-0.15, -0.1) is 0 Å². The third-order valence-electron chi connectivity index (χ3n) is 12.1. The summed E-state index contributed by atoms with van der Waals surface area (Å²) in [5.74, 6) is -1.46. The molecule has 1 amide bonds. The summed E-state index contributed by atoms with van der Waals surface area (Å²) in [6.07, 6.45) is -2.36. The van der Waals surface area contributed by atoms with Gasteiger partial charge in [0.05, 0.1) is 0 Å². The van der Waals surface area contributed by atoms with Crippen LogP contribution in [-0.4, -0.2) is 55.3 Å². The number of para-hydroxylation sites is 2. The molecule has 0 bridgehead atoms. The zero-order valence-corrected chi connectivity index (χ0v) is 36.6. The molecule has 0 aromatic heterocycles. The van der Waals surface area contributed by atoms with E-state index < -0.39 is 65.0 Å². The number of hydrogen-bond acceptors (Lipinski definition) is 11. The number of thiocarbonyl (C=S) groups is 1. The fraction of sp³-hybridized carbons (Fsp3) is 0.184. The monoisotopic (exact) mass is 897 g/mol. The molecule has 1 aliphatic heterocycles.